The molecular weight excluding hydrogens is 823 g/mol. The maximum Gasteiger partial charge on any atom is 0.328 e. The third kappa shape index (κ3) is 10.8. The number of rotatable bonds is 6. The average molecular weight is 874 g/mol. The van der Waals surface area contributed by atoms with Crippen molar-refractivity contribution in [1.29, 1.82) is 0 Å². The summed E-state index contributed by atoms with van der Waals surface area (Å²) in [6.07, 6.45) is 4.37. The van der Waals surface area contributed by atoms with Crippen LogP contribution in [0.3, 0.4) is 0 Å². The lowest BCUT2D eigenvalue weighted by atomic mass is 10.1. The predicted molar refractivity (Wildman–Crippen MR) is 252 cm³/mol. The number of anilines is 6. The lowest BCUT2D eigenvalue weighted by Gasteiger charge is -2.25. The van der Waals surface area contributed by atoms with Crippen molar-refractivity contribution < 1.29 is 14.4 Å². The van der Waals surface area contributed by atoms with Crippen molar-refractivity contribution in [3.05, 3.63) is 131 Å². The monoisotopic (exact) mass is 872 g/mol. The molecule has 0 unspecified atom stereocenters. The molecule has 0 atom stereocenters. The fraction of sp³-hybridized carbons (Fsp3) is 0.255. The molecule has 0 bridgehead atoms. The number of benzene rings is 2. The number of nitrogens with one attached hydrogen (secondary N) is 2. The van der Waals surface area contributed by atoms with E-state index in [1.165, 1.54) is 4.90 Å². The van der Waals surface area contributed by atoms with Gasteiger partial charge in [-0.15, -0.1) is 0 Å². The molecule has 0 saturated carbocycles. The number of hydrogen-bond donors (Lipinski definition) is 2. The summed E-state index contributed by atoms with van der Waals surface area (Å²) in [6.45, 7) is 12.9. The zero-order valence-electron chi connectivity index (χ0n) is 35.5. The van der Waals surface area contributed by atoms with Gasteiger partial charge in [0.05, 0.1) is 22.8 Å². The topological polar surface area (TPSA) is 140 Å². The highest BCUT2D eigenvalue weighted by atomic mass is 35.5. The van der Waals surface area contributed by atoms with Gasteiger partial charge in [0.25, 0.3) is 0 Å². The predicted octanol–water partition coefficient (Wildman–Crippen LogP) is 11.0. The van der Waals surface area contributed by atoms with E-state index in [0.29, 0.717) is 57.7 Å². The molecule has 0 radical (unpaired) electrons. The maximum atomic E-state index is 13.2. The molecule has 13 nitrogen and oxygen atoms in total. The highest BCUT2D eigenvalue weighted by molar-refractivity contribution is 6.31. The number of urea groups is 2. The van der Waals surface area contributed by atoms with Crippen LogP contribution >= 0.6 is 23.2 Å². The fourth-order valence-electron chi connectivity index (χ4n) is 7.07. The molecule has 15 heteroatoms. The van der Waals surface area contributed by atoms with Gasteiger partial charge >= 0.3 is 12.1 Å². The van der Waals surface area contributed by atoms with Gasteiger partial charge in [-0.1, -0.05) is 67.4 Å². The van der Waals surface area contributed by atoms with E-state index in [9.17, 15) is 14.4 Å². The number of carbonyl (C=O) groups excluding carboxylic acids is 3. The van der Waals surface area contributed by atoms with Gasteiger partial charge in [-0.05, 0) is 100.0 Å². The van der Waals surface area contributed by atoms with E-state index in [1.54, 1.807) is 46.5 Å². The zero-order chi connectivity index (χ0) is 44.2. The van der Waals surface area contributed by atoms with Crippen molar-refractivity contribution in [2.75, 3.05) is 63.0 Å². The lowest BCUT2D eigenvalue weighted by Crippen LogP contribution is -2.36. The Morgan fingerprint density at radius 2 is 1.24 bits per heavy atom. The molecule has 6 aromatic rings. The molecule has 2 N–H and O–H groups in total. The van der Waals surface area contributed by atoms with E-state index in [1.807, 2.05) is 107 Å². The first-order chi connectivity index (χ1) is 30.1. The van der Waals surface area contributed by atoms with Crippen molar-refractivity contribution in [3.63, 3.8) is 0 Å². The van der Waals surface area contributed by atoms with Gasteiger partial charge in [0.15, 0.2) is 11.6 Å². The summed E-state index contributed by atoms with van der Waals surface area (Å²) in [6, 6.07) is 31.0. The lowest BCUT2D eigenvalue weighted by molar-refractivity contribution is -0.118. The van der Waals surface area contributed by atoms with Gasteiger partial charge in [-0.3, -0.25) is 24.9 Å². The van der Waals surface area contributed by atoms with Crippen LogP contribution in [0.15, 0.2) is 116 Å². The molecule has 2 aromatic carbocycles. The van der Waals surface area contributed by atoms with Crippen LogP contribution in [0.4, 0.5) is 44.1 Å². The summed E-state index contributed by atoms with van der Waals surface area (Å²) in [5.74, 6) is 1.48. The molecule has 2 aliphatic rings. The minimum atomic E-state index is -0.388. The largest absolute Gasteiger partial charge is 0.369 e. The summed E-state index contributed by atoms with van der Waals surface area (Å²) in [4.78, 5) is 64.1. The van der Waals surface area contributed by atoms with Crippen LogP contribution in [0.1, 0.15) is 46.2 Å². The number of carbonyl (C=O) groups is 3. The van der Waals surface area contributed by atoms with E-state index >= 15 is 0 Å². The van der Waals surface area contributed by atoms with Crippen LogP contribution in [0.25, 0.3) is 22.5 Å². The summed E-state index contributed by atoms with van der Waals surface area (Å²) in [7, 11) is 0. The van der Waals surface area contributed by atoms with E-state index in [2.05, 4.69) is 32.4 Å². The Hall–Kier alpha value is -6.57. The van der Waals surface area contributed by atoms with Crippen LogP contribution in [-0.4, -0.2) is 70.6 Å². The second kappa shape index (κ2) is 21.3. The van der Waals surface area contributed by atoms with Crippen molar-refractivity contribution in [2.45, 2.75) is 47.5 Å². The second-order valence-corrected chi connectivity index (χ2v) is 14.9. The van der Waals surface area contributed by atoms with Crippen molar-refractivity contribution in [3.8, 4) is 22.5 Å². The van der Waals surface area contributed by atoms with Gasteiger partial charge in [0.2, 0.25) is 5.91 Å². The SMILES string of the molecule is CC.CCN1C(=O)CCN(C(=O)Nc2cccc(C)n2)c2nc(-c3cccc(Cl)c3)ccc21.CCN1CCCN(C(=O)Nc2ccncc2)c2nc(-c3cccc(Cl)c3)ccc21. The molecule has 0 aliphatic carbocycles. The number of aryl methyl sites for hydroxylation is 1. The Morgan fingerprint density at radius 1 is 0.661 bits per heavy atom. The molecule has 0 spiro atoms. The quantitative estimate of drug-likeness (QED) is 0.169. The Kier molecular flexibility index (Phi) is 15.4. The first-order valence-electron chi connectivity index (χ1n) is 20.7. The molecule has 320 valence electrons. The Bertz CT molecular complexity index is 2510. The number of pyridine rings is 4. The normalized spacial score (nSPS) is 13.2. The average Bonchev–Trinajstić information content (AvgIpc) is 3.56. The first-order valence-corrected chi connectivity index (χ1v) is 21.5. The highest BCUT2D eigenvalue weighted by Crippen LogP contribution is 2.36. The van der Waals surface area contributed by atoms with E-state index < -0.39 is 0 Å². The molecule has 4 aromatic heterocycles. The van der Waals surface area contributed by atoms with E-state index in [0.717, 1.165) is 47.7 Å². The summed E-state index contributed by atoms with van der Waals surface area (Å²) < 4.78 is 0. The number of nitrogens with zero attached hydrogens (tertiary/aromatic N) is 8. The second-order valence-electron chi connectivity index (χ2n) is 14.0. The first kappa shape index (κ1) is 45.0. The van der Waals surface area contributed by atoms with E-state index in [4.69, 9.17) is 33.2 Å². The smallest absolute Gasteiger partial charge is 0.328 e. The van der Waals surface area contributed by atoms with Crippen LogP contribution in [0.2, 0.25) is 10.0 Å². The number of fused-ring (bicyclic) bond motifs is 2. The molecule has 5 amide bonds. The van der Waals surface area contributed by atoms with Gasteiger partial charge < -0.3 is 15.1 Å². The van der Waals surface area contributed by atoms with Gasteiger partial charge in [0.1, 0.15) is 5.82 Å². The molecule has 0 fully saturated rings. The molecule has 8 rings (SSSR count). The molecule has 0 saturated heterocycles. The third-order valence-corrected chi connectivity index (χ3v) is 10.5. The van der Waals surface area contributed by atoms with Crippen LogP contribution in [0, 0.1) is 6.92 Å². The molecule has 2 aliphatic heterocycles. The standard InChI is InChI=1S/C23H22ClN5O2.C22H22ClN5O.C2H6/c1-3-28-19-11-10-18(16-7-5-8-17(24)14-16)26-22(19)29(13-12-21(28)30)23(31)27-20-9-4-6-15(2)25-20;1-2-27-13-4-14-28(22(29)25-18-9-11-24-12-10-18)21-20(27)8-7-19(26-21)16-5-3-6-17(23)15-16;1-2/h4-11,14H,3,12-13H2,1-2H3,(H,25,27,31);3,5-12,15H,2,4,13-14H2,1H3,(H,24,25,29);1-2H3. The Balaban J connectivity index is 0.000000199. The van der Waals surface area contributed by atoms with E-state index in [-0.39, 0.29) is 30.9 Å². The number of halogens is 2. The summed E-state index contributed by atoms with van der Waals surface area (Å²) in [5, 5.41) is 7.02. The molecule has 62 heavy (non-hydrogen) atoms. The fourth-order valence-corrected chi connectivity index (χ4v) is 7.45. The van der Waals surface area contributed by atoms with Crippen LogP contribution < -0.4 is 30.2 Å². The minimum Gasteiger partial charge on any atom is -0.369 e. The number of amides is 5. The summed E-state index contributed by atoms with van der Waals surface area (Å²) >= 11 is 12.3. The van der Waals surface area contributed by atoms with Crippen molar-refractivity contribution in [2.24, 2.45) is 0 Å². The summed E-state index contributed by atoms with van der Waals surface area (Å²) in [5.41, 5.74) is 6.25. The van der Waals surface area contributed by atoms with Gasteiger partial charge in [-0.2, -0.15) is 0 Å². The Morgan fingerprint density at radius 3 is 1.84 bits per heavy atom. The van der Waals surface area contributed by atoms with Crippen LogP contribution in [0.5, 0.6) is 0 Å². The van der Waals surface area contributed by atoms with Crippen molar-refractivity contribution in [1.82, 2.24) is 19.9 Å². The molecular formula is C47H50Cl2N10O3. The van der Waals surface area contributed by atoms with Crippen molar-refractivity contribution >= 4 is 75.7 Å². The third-order valence-electron chi connectivity index (χ3n) is 10.00. The minimum absolute atomic E-state index is 0.0509. The van der Waals surface area contributed by atoms with Crippen LogP contribution in [-0.2, 0) is 4.79 Å². The van der Waals surface area contributed by atoms with Gasteiger partial charge in [-0.25, -0.2) is 24.5 Å². The number of hydrogen-bond acceptors (Lipinski definition) is 8. The molecule has 6 heterocycles. The maximum absolute atomic E-state index is 13.2. The highest BCUT2D eigenvalue weighted by Gasteiger charge is 2.31. The van der Waals surface area contributed by atoms with Gasteiger partial charge in [0, 0.05) is 84.1 Å². The number of aromatic nitrogens is 4. The zero-order valence-corrected chi connectivity index (χ0v) is 37.0. The Labute approximate surface area is 372 Å².